The summed E-state index contributed by atoms with van der Waals surface area (Å²) in [7, 11) is 0. The van der Waals surface area contributed by atoms with Gasteiger partial charge in [0.05, 0.1) is 28.3 Å². The molecule has 0 fully saturated rings. The second kappa shape index (κ2) is 8.75. The van der Waals surface area contributed by atoms with Crippen LogP contribution in [0.3, 0.4) is 0 Å². The van der Waals surface area contributed by atoms with Gasteiger partial charge in [0, 0.05) is 43.1 Å². The highest BCUT2D eigenvalue weighted by Crippen LogP contribution is 2.43. The smallest absolute Gasteiger partial charge is 0.148 e. The van der Waals surface area contributed by atoms with E-state index in [-0.39, 0.29) is 12.2 Å². The van der Waals surface area contributed by atoms with E-state index in [1.54, 1.807) is 0 Å². The summed E-state index contributed by atoms with van der Waals surface area (Å²) in [4.78, 5) is 12.5. The highest BCUT2D eigenvalue weighted by molar-refractivity contribution is 7.26. The van der Waals surface area contributed by atoms with Crippen molar-refractivity contribution in [3.63, 3.8) is 0 Å². The van der Waals surface area contributed by atoms with E-state index in [1.807, 2.05) is 23.6 Å². The van der Waals surface area contributed by atoms with Crippen molar-refractivity contribution in [1.29, 1.82) is 0 Å². The molecule has 2 aliphatic rings. The molecule has 0 saturated carbocycles. The van der Waals surface area contributed by atoms with E-state index in [0.29, 0.717) is 0 Å². The number of aliphatic imine (C=N–C) groups is 1. The van der Waals surface area contributed by atoms with Crippen molar-refractivity contribution in [3.8, 4) is 5.69 Å². The minimum absolute atomic E-state index is 0.0863. The van der Waals surface area contributed by atoms with Crippen LogP contribution in [0.1, 0.15) is 11.7 Å². The maximum atomic E-state index is 5.17. The fourth-order valence-corrected chi connectivity index (χ4v) is 7.78. The molecule has 7 aromatic rings. The van der Waals surface area contributed by atoms with Crippen molar-refractivity contribution in [1.82, 2.24) is 9.55 Å². The summed E-state index contributed by atoms with van der Waals surface area (Å²) in [6.07, 6.45) is 10.4. The van der Waals surface area contributed by atoms with E-state index < -0.39 is 0 Å². The molecule has 4 aromatic carbocycles. The summed E-state index contributed by atoms with van der Waals surface area (Å²) in [6.45, 7) is 0. The molecule has 0 saturated heterocycles. The van der Waals surface area contributed by atoms with Crippen LogP contribution in [0.15, 0.2) is 139 Å². The lowest BCUT2D eigenvalue weighted by molar-refractivity contribution is 0.696. The van der Waals surface area contributed by atoms with Gasteiger partial charge in [-0.15, -0.1) is 11.3 Å². The van der Waals surface area contributed by atoms with Gasteiger partial charge < -0.3 is 9.47 Å². The number of hydrogen-bond acceptors (Lipinski definition) is 4. The Hall–Kier alpha value is -5.00. The van der Waals surface area contributed by atoms with E-state index in [4.69, 9.17) is 9.98 Å². The van der Waals surface area contributed by atoms with Crippen LogP contribution < -0.4 is 4.90 Å². The number of para-hydroxylation sites is 1. The first kappa shape index (κ1) is 22.8. The third kappa shape index (κ3) is 3.33. The number of nitrogens with zero attached hydrogens (tertiary/aromatic N) is 4. The summed E-state index contributed by atoms with van der Waals surface area (Å²) in [5.41, 5.74) is 7.91. The molecule has 4 heterocycles. The van der Waals surface area contributed by atoms with Gasteiger partial charge in [0.15, 0.2) is 0 Å². The van der Waals surface area contributed by atoms with Crippen molar-refractivity contribution < 1.29 is 0 Å². The predicted octanol–water partition coefficient (Wildman–Crippen LogP) is 9.00. The van der Waals surface area contributed by atoms with Gasteiger partial charge in [-0.2, -0.15) is 0 Å². The zero-order valence-electron chi connectivity index (χ0n) is 22.1. The second-order valence-corrected chi connectivity index (χ2v) is 11.6. The van der Waals surface area contributed by atoms with Crippen LogP contribution in [-0.2, 0) is 0 Å². The molecular weight excluding hydrogens is 520 g/mol. The van der Waals surface area contributed by atoms with Gasteiger partial charge >= 0.3 is 0 Å². The minimum Gasteiger partial charge on any atom is -0.334 e. The molecule has 0 radical (unpaired) electrons. The first-order valence-corrected chi connectivity index (χ1v) is 14.7. The van der Waals surface area contributed by atoms with Crippen LogP contribution in [-0.4, -0.2) is 21.3 Å². The number of pyridine rings is 1. The van der Waals surface area contributed by atoms with Gasteiger partial charge in [0.1, 0.15) is 6.17 Å². The van der Waals surface area contributed by atoms with Crippen LogP contribution in [0, 0.1) is 0 Å². The summed E-state index contributed by atoms with van der Waals surface area (Å²) in [6, 6.07) is 37.1. The Morgan fingerprint density at radius 3 is 2.44 bits per heavy atom. The molecule has 2 unspecified atom stereocenters. The first-order valence-electron chi connectivity index (χ1n) is 13.9. The number of benzene rings is 4. The maximum Gasteiger partial charge on any atom is 0.148 e. The van der Waals surface area contributed by atoms with Crippen LogP contribution in [0.5, 0.6) is 0 Å². The monoisotopic (exact) mass is 544 g/mol. The van der Waals surface area contributed by atoms with Gasteiger partial charge in [-0.3, -0.25) is 9.98 Å². The largest absolute Gasteiger partial charge is 0.334 e. The molecule has 0 amide bonds. The Balaban J connectivity index is 1.20. The standard InChI is InChI=1S/C36H24N4S/c1-2-9-24(10-3-1)40-29-13-6-5-12-28(29)38-36(40)23-16-18-25(19-17-23)39-30-21-20-27-26-11-4-7-15-32(26)41-35(27)33(30)34-31(39)14-8-22-37-34/h1-22,29,36H. The molecular formula is C36H24N4S. The summed E-state index contributed by atoms with van der Waals surface area (Å²) in [5, 5.41) is 3.83. The van der Waals surface area contributed by atoms with Crippen LogP contribution in [0.2, 0.25) is 0 Å². The average molecular weight is 545 g/mol. The number of thiophene rings is 1. The Morgan fingerprint density at radius 1 is 0.683 bits per heavy atom. The maximum absolute atomic E-state index is 5.17. The van der Waals surface area contributed by atoms with Crippen molar-refractivity contribution >= 4 is 64.8 Å². The Bertz CT molecular complexity index is 2220. The fourth-order valence-electron chi connectivity index (χ4n) is 6.53. The number of allylic oxidation sites excluding steroid dienone is 2. The van der Waals surface area contributed by atoms with E-state index in [1.165, 1.54) is 42.3 Å². The van der Waals surface area contributed by atoms with Gasteiger partial charge in [0.2, 0.25) is 0 Å². The number of aromatic nitrogens is 2. The van der Waals surface area contributed by atoms with Crippen LogP contribution >= 0.6 is 11.3 Å². The van der Waals surface area contributed by atoms with Gasteiger partial charge in [-0.25, -0.2) is 0 Å². The molecule has 0 N–H and O–H groups in total. The molecule has 0 bridgehead atoms. The van der Waals surface area contributed by atoms with Gasteiger partial charge in [0.25, 0.3) is 0 Å². The third-order valence-electron chi connectivity index (χ3n) is 8.34. The average Bonchev–Trinajstić information content (AvgIpc) is 3.71. The van der Waals surface area contributed by atoms with Crippen LogP contribution in [0.25, 0.3) is 47.8 Å². The van der Waals surface area contributed by atoms with E-state index in [9.17, 15) is 0 Å². The number of hydrogen-bond donors (Lipinski definition) is 0. The van der Waals surface area contributed by atoms with Gasteiger partial charge in [-0.05, 0) is 60.2 Å². The minimum atomic E-state index is -0.0863. The lowest BCUT2D eigenvalue weighted by Gasteiger charge is -2.31. The summed E-state index contributed by atoms with van der Waals surface area (Å²) in [5.74, 6) is 0. The lowest BCUT2D eigenvalue weighted by atomic mass is 10.0. The normalized spacial score (nSPS) is 18.1. The number of fused-ring (bicyclic) bond motifs is 8. The molecule has 0 spiro atoms. The Kier molecular flexibility index (Phi) is 4.86. The highest BCUT2D eigenvalue weighted by Gasteiger charge is 2.35. The topological polar surface area (TPSA) is 33.4 Å². The van der Waals surface area contributed by atoms with Crippen LogP contribution in [0.4, 0.5) is 5.69 Å². The summed E-state index contributed by atoms with van der Waals surface area (Å²) < 4.78 is 4.96. The number of rotatable bonds is 3. The molecule has 4 nitrogen and oxygen atoms in total. The first-order chi connectivity index (χ1) is 20.3. The molecule has 5 heteroatoms. The Labute approximate surface area is 240 Å². The molecule has 2 atom stereocenters. The van der Waals surface area contributed by atoms with Crippen molar-refractivity contribution in [2.45, 2.75) is 12.2 Å². The second-order valence-electron chi connectivity index (χ2n) is 10.6. The van der Waals surface area contributed by atoms with Crippen molar-refractivity contribution in [3.05, 3.63) is 139 Å². The zero-order valence-corrected chi connectivity index (χ0v) is 22.9. The highest BCUT2D eigenvalue weighted by atomic mass is 32.1. The molecule has 3 aromatic heterocycles. The van der Waals surface area contributed by atoms with Crippen molar-refractivity contribution in [2.75, 3.05) is 4.90 Å². The molecule has 1 aliphatic carbocycles. The van der Waals surface area contributed by atoms with Gasteiger partial charge in [-0.1, -0.05) is 72.8 Å². The number of anilines is 1. The Morgan fingerprint density at radius 2 is 1.54 bits per heavy atom. The van der Waals surface area contributed by atoms with E-state index in [0.717, 1.165) is 22.4 Å². The fraction of sp³-hybridized carbons (Fsp3) is 0.0556. The SMILES string of the molecule is C1=CC2=NC(c3ccc(-n4c5cccnc5c5c6sc7ccccc7c6ccc54)cc3)N(c3ccccc3)C2C=C1. The third-order valence-corrected chi connectivity index (χ3v) is 9.55. The van der Waals surface area contributed by atoms with Crippen molar-refractivity contribution in [2.24, 2.45) is 4.99 Å². The van der Waals surface area contributed by atoms with E-state index in [2.05, 4.69) is 131 Å². The zero-order chi connectivity index (χ0) is 26.9. The summed E-state index contributed by atoms with van der Waals surface area (Å²) >= 11 is 1.86. The quantitative estimate of drug-likeness (QED) is 0.222. The lowest BCUT2D eigenvalue weighted by Crippen LogP contribution is -2.35. The molecule has 41 heavy (non-hydrogen) atoms. The van der Waals surface area contributed by atoms with E-state index >= 15 is 0 Å². The molecule has 1 aliphatic heterocycles. The molecule has 9 rings (SSSR count). The predicted molar refractivity (Wildman–Crippen MR) is 173 cm³/mol. The molecule has 194 valence electrons.